The molecule has 0 aromatic heterocycles. The summed E-state index contributed by atoms with van der Waals surface area (Å²) >= 11 is 6.05. The van der Waals surface area contributed by atoms with Gasteiger partial charge >= 0.3 is 0 Å². The number of hydrogen-bond acceptors (Lipinski definition) is 4. The van der Waals surface area contributed by atoms with Crippen molar-refractivity contribution in [1.29, 1.82) is 0 Å². The van der Waals surface area contributed by atoms with E-state index in [2.05, 4.69) is 15.9 Å². The Morgan fingerprint density at radius 1 is 1.15 bits per heavy atom. The van der Waals surface area contributed by atoms with Crippen molar-refractivity contribution in [3.05, 3.63) is 29.3 Å². The van der Waals surface area contributed by atoms with Gasteiger partial charge in [-0.1, -0.05) is 17.7 Å². The fraction of sp³-hybridized carbons (Fsp3) is 0.600. The first-order valence-corrected chi connectivity index (χ1v) is 7.69. The molecule has 1 aromatic carbocycles. The molecule has 3 N–H and O–H groups in total. The second-order valence-electron chi connectivity index (χ2n) is 5.87. The summed E-state index contributed by atoms with van der Waals surface area (Å²) in [6.45, 7) is 3.89. The van der Waals surface area contributed by atoms with Gasteiger partial charge in [0, 0.05) is 49.0 Å². The maximum atomic E-state index is 10.1. The Balaban J connectivity index is 1.60. The van der Waals surface area contributed by atoms with E-state index in [0.717, 1.165) is 44.0 Å². The van der Waals surface area contributed by atoms with Crippen LogP contribution in [0.5, 0.6) is 0 Å². The van der Waals surface area contributed by atoms with Crippen LogP contribution in [0, 0.1) is 0 Å². The van der Waals surface area contributed by atoms with Crippen LogP contribution in [0.25, 0.3) is 0 Å². The van der Waals surface area contributed by atoms with E-state index >= 15 is 0 Å². The van der Waals surface area contributed by atoms with E-state index < -0.39 is 0 Å². The molecule has 1 saturated carbocycles. The lowest BCUT2D eigenvalue weighted by molar-refractivity contribution is 0.0671. The van der Waals surface area contributed by atoms with Gasteiger partial charge in [0.25, 0.3) is 0 Å². The van der Waals surface area contributed by atoms with Gasteiger partial charge in [-0.25, -0.2) is 0 Å². The van der Waals surface area contributed by atoms with Gasteiger partial charge in [-0.15, -0.1) is 0 Å². The number of piperazine rings is 1. The molecule has 20 heavy (non-hydrogen) atoms. The van der Waals surface area contributed by atoms with Gasteiger partial charge in [0.05, 0.1) is 6.10 Å². The number of aliphatic hydroxyl groups excluding tert-OH is 1. The lowest BCUT2D eigenvalue weighted by Crippen LogP contribution is -2.52. The van der Waals surface area contributed by atoms with Crippen LogP contribution in [0.15, 0.2) is 24.3 Å². The first-order chi connectivity index (χ1) is 9.63. The molecule has 2 fully saturated rings. The highest BCUT2D eigenvalue weighted by atomic mass is 35.5. The third-order valence-corrected chi connectivity index (χ3v) is 4.72. The van der Waals surface area contributed by atoms with E-state index in [-0.39, 0.29) is 18.2 Å². The van der Waals surface area contributed by atoms with Crippen molar-refractivity contribution in [2.45, 2.75) is 31.0 Å². The molecule has 0 radical (unpaired) electrons. The summed E-state index contributed by atoms with van der Waals surface area (Å²) < 4.78 is 0. The lowest BCUT2D eigenvalue weighted by atomic mass is 10.1. The molecule has 1 aliphatic carbocycles. The molecule has 1 heterocycles. The molecule has 1 aliphatic heterocycles. The molecule has 110 valence electrons. The molecule has 0 bridgehead atoms. The Bertz CT molecular complexity index is 462. The third kappa shape index (κ3) is 2.93. The summed E-state index contributed by atoms with van der Waals surface area (Å²) in [7, 11) is 0. The Kier molecular flexibility index (Phi) is 4.17. The number of nitrogens with zero attached hydrogens (tertiary/aromatic N) is 2. The average Bonchev–Trinajstić information content (AvgIpc) is 2.78. The van der Waals surface area contributed by atoms with Gasteiger partial charge in [0.2, 0.25) is 0 Å². The van der Waals surface area contributed by atoms with Crippen molar-refractivity contribution in [2.24, 2.45) is 5.73 Å². The molecule has 1 aromatic rings. The SMILES string of the molecule is N[C@@H]1C[C@H](O)[C@@H](N2CCN(c3cccc(Cl)c3)CC2)C1. The minimum atomic E-state index is -0.261. The zero-order valence-corrected chi connectivity index (χ0v) is 12.3. The highest BCUT2D eigenvalue weighted by molar-refractivity contribution is 6.30. The third-order valence-electron chi connectivity index (χ3n) is 4.49. The molecular formula is C15H22ClN3O. The van der Waals surface area contributed by atoms with Crippen molar-refractivity contribution in [1.82, 2.24) is 4.90 Å². The van der Waals surface area contributed by atoms with Crippen LogP contribution in [0.4, 0.5) is 5.69 Å². The van der Waals surface area contributed by atoms with E-state index in [9.17, 15) is 5.11 Å². The monoisotopic (exact) mass is 295 g/mol. The van der Waals surface area contributed by atoms with Crippen molar-refractivity contribution >= 4 is 17.3 Å². The second-order valence-corrected chi connectivity index (χ2v) is 6.31. The van der Waals surface area contributed by atoms with E-state index in [1.54, 1.807) is 0 Å². The molecule has 2 aliphatic rings. The van der Waals surface area contributed by atoms with Crippen LogP contribution in [0.3, 0.4) is 0 Å². The molecule has 0 unspecified atom stereocenters. The van der Waals surface area contributed by atoms with Crippen LogP contribution in [-0.2, 0) is 0 Å². The van der Waals surface area contributed by atoms with Crippen LogP contribution in [-0.4, -0.2) is 54.4 Å². The van der Waals surface area contributed by atoms with E-state index in [1.807, 2.05) is 18.2 Å². The topological polar surface area (TPSA) is 52.7 Å². The first-order valence-electron chi connectivity index (χ1n) is 7.31. The predicted octanol–water partition coefficient (Wildman–Crippen LogP) is 1.31. The minimum absolute atomic E-state index is 0.154. The fourth-order valence-electron chi connectivity index (χ4n) is 3.41. The largest absolute Gasteiger partial charge is 0.391 e. The second kappa shape index (κ2) is 5.90. The van der Waals surface area contributed by atoms with Gasteiger partial charge in [0.15, 0.2) is 0 Å². The highest BCUT2D eigenvalue weighted by Crippen LogP contribution is 2.26. The number of hydrogen-bond donors (Lipinski definition) is 2. The van der Waals surface area contributed by atoms with Crippen molar-refractivity contribution in [3.8, 4) is 0 Å². The Hall–Kier alpha value is -0.810. The molecule has 0 spiro atoms. The van der Waals surface area contributed by atoms with E-state index in [4.69, 9.17) is 17.3 Å². The summed E-state index contributed by atoms with van der Waals surface area (Å²) in [4.78, 5) is 4.74. The molecule has 1 saturated heterocycles. The summed E-state index contributed by atoms with van der Waals surface area (Å²) in [5.41, 5.74) is 7.13. The van der Waals surface area contributed by atoms with Gasteiger partial charge in [0.1, 0.15) is 0 Å². The Morgan fingerprint density at radius 2 is 1.90 bits per heavy atom. The van der Waals surface area contributed by atoms with Crippen molar-refractivity contribution in [3.63, 3.8) is 0 Å². The van der Waals surface area contributed by atoms with Crippen molar-refractivity contribution < 1.29 is 5.11 Å². The lowest BCUT2D eigenvalue weighted by Gasteiger charge is -2.40. The Morgan fingerprint density at radius 3 is 2.50 bits per heavy atom. The van der Waals surface area contributed by atoms with Crippen LogP contribution in [0.2, 0.25) is 5.02 Å². The van der Waals surface area contributed by atoms with Gasteiger partial charge in [-0.2, -0.15) is 0 Å². The zero-order valence-electron chi connectivity index (χ0n) is 11.6. The van der Waals surface area contributed by atoms with Crippen molar-refractivity contribution in [2.75, 3.05) is 31.1 Å². The fourth-order valence-corrected chi connectivity index (χ4v) is 3.59. The minimum Gasteiger partial charge on any atom is -0.391 e. The highest BCUT2D eigenvalue weighted by Gasteiger charge is 2.36. The summed E-state index contributed by atoms with van der Waals surface area (Å²) in [5, 5.41) is 10.9. The van der Waals surface area contributed by atoms with E-state index in [1.165, 1.54) is 5.69 Å². The number of halogens is 1. The summed E-state index contributed by atoms with van der Waals surface area (Å²) in [6, 6.07) is 8.40. The quantitative estimate of drug-likeness (QED) is 0.864. The normalized spacial score (nSPS) is 31.8. The molecule has 3 atom stereocenters. The van der Waals surface area contributed by atoms with Gasteiger partial charge in [-0.3, -0.25) is 4.90 Å². The van der Waals surface area contributed by atoms with Crippen LogP contribution < -0.4 is 10.6 Å². The molecular weight excluding hydrogens is 274 g/mol. The number of benzene rings is 1. The van der Waals surface area contributed by atoms with E-state index in [0.29, 0.717) is 0 Å². The average molecular weight is 296 g/mol. The number of nitrogens with two attached hydrogens (primary N) is 1. The molecule has 4 nitrogen and oxygen atoms in total. The molecule has 0 amide bonds. The van der Waals surface area contributed by atoms with Gasteiger partial charge in [-0.05, 0) is 31.0 Å². The first kappa shape index (κ1) is 14.1. The predicted molar refractivity (Wildman–Crippen MR) is 82.2 cm³/mol. The maximum Gasteiger partial charge on any atom is 0.0710 e. The van der Waals surface area contributed by atoms with Crippen LogP contribution in [0.1, 0.15) is 12.8 Å². The summed E-state index contributed by atoms with van der Waals surface area (Å²) in [6.07, 6.45) is 1.39. The summed E-state index contributed by atoms with van der Waals surface area (Å²) in [5.74, 6) is 0. The Labute approximate surface area is 125 Å². The maximum absolute atomic E-state index is 10.1. The smallest absolute Gasteiger partial charge is 0.0710 e. The number of anilines is 1. The van der Waals surface area contributed by atoms with Gasteiger partial charge < -0.3 is 15.7 Å². The molecule has 5 heteroatoms. The zero-order chi connectivity index (χ0) is 14.1. The standard InChI is InChI=1S/C15H22ClN3O/c16-11-2-1-3-13(8-11)18-4-6-19(7-5-18)14-9-12(17)10-15(14)20/h1-3,8,12,14-15,20H,4-7,9-10,17H2/t12-,14-,15-/m0/s1. The molecule has 3 rings (SSSR count). The number of rotatable bonds is 2. The number of aliphatic hydroxyl groups is 1. The van der Waals surface area contributed by atoms with Crippen LogP contribution >= 0.6 is 11.6 Å².